The van der Waals surface area contributed by atoms with Crippen molar-refractivity contribution in [1.29, 1.82) is 0 Å². The lowest BCUT2D eigenvalue weighted by Gasteiger charge is -2.40. The smallest absolute Gasteiger partial charge is 0.226 e. The summed E-state index contributed by atoms with van der Waals surface area (Å²) in [4.78, 5) is 15.9. The minimum atomic E-state index is -3.24. The van der Waals surface area contributed by atoms with Crippen LogP contribution in [0, 0.1) is 18.8 Å². The van der Waals surface area contributed by atoms with Crippen molar-refractivity contribution in [2.45, 2.75) is 45.2 Å². The zero-order valence-electron chi connectivity index (χ0n) is 19.2. The van der Waals surface area contributed by atoms with Gasteiger partial charge in [-0.25, -0.2) is 0 Å². The summed E-state index contributed by atoms with van der Waals surface area (Å²) in [6.45, 7) is 5.41. The van der Waals surface area contributed by atoms with Gasteiger partial charge in [0.2, 0.25) is 7.37 Å². The summed E-state index contributed by atoms with van der Waals surface area (Å²) < 4.78 is 17.9. The number of hydrogen-bond donors (Lipinski definition) is 2. The first-order chi connectivity index (χ1) is 15.3. The summed E-state index contributed by atoms with van der Waals surface area (Å²) in [5, 5.41) is 1.75. The number of ether oxygens (including phenoxy) is 1. The molecule has 2 unspecified atom stereocenters. The summed E-state index contributed by atoms with van der Waals surface area (Å²) in [5.41, 5.74) is 4.84. The zero-order chi connectivity index (χ0) is 22.5. The van der Waals surface area contributed by atoms with Gasteiger partial charge >= 0.3 is 0 Å². The number of nitrogens with zero attached hydrogens (tertiary/aromatic N) is 1. The fourth-order valence-electron chi connectivity index (χ4n) is 5.53. The maximum absolute atomic E-state index is 12.1. The van der Waals surface area contributed by atoms with Crippen LogP contribution in [0.2, 0.25) is 0 Å². The minimum absolute atomic E-state index is 0.304. The number of rotatable bonds is 6. The van der Waals surface area contributed by atoms with E-state index < -0.39 is 7.37 Å². The molecule has 2 N–H and O–H groups in total. The van der Waals surface area contributed by atoms with Gasteiger partial charge in [0.25, 0.3) is 0 Å². The number of nitrogens with one attached hydrogen (secondary N) is 1. The Hall–Kier alpha value is -2.07. The van der Waals surface area contributed by atoms with Gasteiger partial charge in [0.05, 0.1) is 7.11 Å². The average molecular weight is 453 g/mol. The second-order valence-electron chi connectivity index (χ2n) is 9.72. The molecule has 0 radical (unpaired) electrons. The molecule has 1 aliphatic heterocycles. The van der Waals surface area contributed by atoms with Crippen LogP contribution in [-0.2, 0) is 11.1 Å². The molecule has 3 aromatic rings. The molecule has 0 amide bonds. The van der Waals surface area contributed by atoms with Gasteiger partial charge in [-0.3, -0.25) is 9.46 Å². The van der Waals surface area contributed by atoms with Crippen molar-refractivity contribution in [3.05, 3.63) is 59.3 Å². The molecule has 0 bridgehead atoms. The number of hydrogen-bond acceptors (Lipinski definition) is 3. The molecular weight excluding hydrogens is 419 g/mol. The molecule has 2 aliphatic rings. The van der Waals surface area contributed by atoms with Crippen molar-refractivity contribution < 1.29 is 14.2 Å². The van der Waals surface area contributed by atoms with Gasteiger partial charge in [-0.15, -0.1) is 0 Å². The quantitative estimate of drug-likeness (QED) is 0.493. The molecule has 2 aromatic carbocycles. The summed E-state index contributed by atoms with van der Waals surface area (Å²) in [6.07, 6.45) is 7.14. The summed E-state index contributed by atoms with van der Waals surface area (Å²) in [6, 6.07) is 12.4. The van der Waals surface area contributed by atoms with E-state index in [-0.39, 0.29) is 0 Å². The van der Waals surface area contributed by atoms with Crippen molar-refractivity contribution in [3.63, 3.8) is 0 Å². The van der Waals surface area contributed by atoms with Crippen LogP contribution >= 0.6 is 7.37 Å². The summed E-state index contributed by atoms with van der Waals surface area (Å²) >= 11 is 0. The Morgan fingerprint density at radius 3 is 2.56 bits per heavy atom. The number of aromatic nitrogens is 1. The van der Waals surface area contributed by atoms with Crippen LogP contribution in [0.5, 0.6) is 5.75 Å². The first-order valence-corrected chi connectivity index (χ1v) is 13.7. The average Bonchev–Trinajstić information content (AvgIpc) is 3.51. The largest absolute Gasteiger partial charge is 0.496 e. The van der Waals surface area contributed by atoms with Gasteiger partial charge in [0, 0.05) is 47.2 Å². The first kappa shape index (κ1) is 21.8. The van der Waals surface area contributed by atoms with Crippen LogP contribution in [0.15, 0.2) is 42.6 Å². The summed E-state index contributed by atoms with van der Waals surface area (Å²) in [5.74, 6) is 2.61. The van der Waals surface area contributed by atoms with Gasteiger partial charge in [-0.05, 0) is 86.4 Å². The first-order valence-electron chi connectivity index (χ1n) is 11.6. The fraction of sp³-hybridized carbons (Fsp3) is 0.462. The lowest BCUT2D eigenvalue weighted by molar-refractivity contribution is 0.0954. The number of fused-ring (bicyclic) bond motifs is 1. The standard InChI is InChI=1S/C26H33N2O3P/c1-17-14-25(31-2)23(22-10-12-27-26(17)22)16-28-13-11-20(18-4-5-18)15-24(28)19-6-8-21(9-7-19)32(3,29)30/h6-10,12,14,18,20,24,27H,4-5,11,13,15-16H2,1-3H3,(H,29,30)/t20?,24-/m0/s1. The van der Waals surface area contributed by atoms with Gasteiger partial charge in [-0.1, -0.05) is 12.1 Å². The molecule has 3 atom stereocenters. The summed E-state index contributed by atoms with van der Waals surface area (Å²) in [7, 11) is -1.48. The molecule has 0 spiro atoms. The highest BCUT2D eigenvalue weighted by Crippen LogP contribution is 2.47. The van der Waals surface area contributed by atoms with E-state index in [0.717, 1.165) is 37.1 Å². The van der Waals surface area contributed by atoms with Gasteiger partial charge in [0.15, 0.2) is 0 Å². The Morgan fingerprint density at radius 1 is 1.16 bits per heavy atom. The predicted molar refractivity (Wildman–Crippen MR) is 130 cm³/mol. The topological polar surface area (TPSA) is 65.6 Å². The predicted octanol–water partition coefficient (Wildman–Crippen LogP) is 5.37. The van der Waals surface area contributed by atoms with E-state index in [9.17, 15) is 9.46 Å². The van der Waals surface area contributed by atoms with E-state index in [1.165, 1.54) is 53.5 Å². The van der Waals surface area contributed by atoms with Crippen molar-refractivity contribution in [2.24, 2.45) is 11.8 Å². The highest BCUT2D eigenvalue weighted by Gasteiger charge is 2.38. The van der Waals surface area contributed by atoms with Crippen LogP contribution in [0.4, 0.5) is 0 Å². The number of piperidine rings is 1. The Labute approximate surface area is 190 Å². The van der Waals surface area contributed by atoms with Crippen LogP contribution in [0.1, 0.15) is 48.4 Å². The third-order valence-electron chi connectivity index (χ3n) is 7.49. The molecule has 170 valence electrons. The van der Waals surface area contributed by atoms with Gasteiger partial charge in [-0.2, -0.15) is 0 Å². The molecule has 1 aromatic heterocycles. The number of likely N-dealkylation sites (tertiary alicyclic amines) is 1. The molecule has 5 rings (SSSR count). The lowest BCUT2D eigenvalue weighted by Crippen LogP contribution is -2.37. The number of methoxy groups -OCH3 is 1. The van der Waals surface area contributed by atoms with Crippen molar-refractivity contribution in [1.82, 2.24) is 9.88 Å². The molecule has 6 heteroatoms. The molecule has 1 saturated carbocycles. The third kappa shape index (κ3) is 4.14. The van der Waals surface area contributed by atoms with Crippen molar-refractivity contribution in [2.75, 3.05) is 20.3 Å². The maximum atomic E-state index is 12.1. The number of H-pyrrole nitrogens is 1. The SMILES string of the molecule is COc1cc(C)c2[nH]ccc2c1CN1CCC(C2CC2)C[C@H]1c1ccc(P(C)(=O)O)cc1. The lowest BCUT2D eigenvalue weighted by atomic mass is 9.84. The Kier molecular flexibility index (Phi) is 5.69. The second-order valence-corrected chi connectivity index (χ2v) is 12.0. The molecule has 32 heavy (non-hydrogen) atoms. The Bertz CT molecular complexity index is 1160. The third-order valence-corrected chi connectivity index (χ3v) is 8.75. The van der Waals surface area contributed by atoms with E-state index in [1.807, 2.05) is 18.3 Å². The van der Waals surface area contributed by atoms with Crippen molar-refractivity contribution in [3.8, 4) is 5.75 Å². The maximum Gasteiger partial charge on any atom is 0.226 e. The highest BCUT2D eigenvalue weighted by atomic mass is 31.2. The van der Waals surface area contributed by atoms with E-state index in [1.54, 1.807) is 7.11 Å². The van der Waals surface area contributed by atoms with Gasteiger partial charge in [0.1, 0.15) is 5.75 Å². The van der Waals surface area contributed by atoms with Gasteiger partial charge < -0.3 is 14.6 Å². The molecular formula is C26H33N2O3P. The van der Waals surface area contributed by atoms with E-state index in [4.69, 9.17) is 4.74 Å². The Morgan fingerprint density at radius 2 is 1.91 bits per heavy atom. The molecule has 1 saturated heterocycles. The number of aryl methyl sites for hydroxylation is 1. The van der Waals surface area contributed by atoms with Crippen LogP contribution < -0.4 is 10.0 Å². The molecule has 2 heterocycles. The number of benzene rings is 2. The van der Waals surface area contributed by atoms with Crippen LogP contribution in [0.25, 0.3) is 10.9 Å². The zero-order valence-corrected chi connectivity index (χ0v) is 20.1. The second kappa shape index (κ2) is 8.37. The molecule has 2 fully saturated rings. The van der Waals surface area contributed by atoms with Crippen LogP contribution in [0.3, 0.4) is 0 Å². The van der Waals surface area contributed by atoms with Crippen molar-refractivity contribution >= 4 is 23.6 Å². The van der Waals surface area contributed by atoms with E-state index >= 15 is 0 Å². The van der Waals surface area contributed by atoms with E-state index in [0.29, 0.717) is 11.3 Å². The number of aromatic amines is 1. The highest BCUT2D eigenvalue weighted by molar-refractivity contribution is 7.65. The van der Waals surface area contributed by atoms with E-state index in [2.05, 4.69) is 41.1 Å². The monoisotopic (exact) mass is 452 g/mol. The molecule has 5 nitrogen and oxygen atoms in total. The normalized spacial score (nSPS) is 23.9. The fourth-order valence-corrected chi connectivity index (χ4v) is 6.23. The molecule has 1 aliphatic carbocycles. The Balaban J connectivity index is 1.49. The minimum Gasteiger partial charge on any atom is -0.496 e. The van der Waals surface area contributed by atoms with Crippen LogP contribution in [-0.4, -0.2) is 35.1 Å².